The molecule has 0 aliphatic carbocycles. The SMILES string of the molecule is Clc1csc2ncnc(NCCc3ccc(Oc4cccc(-n5cccn5)n4)cc3)c12. The molecule has 7 nitrogen and oxygen atoms in total. The van der Waals surface area contributed by atoms with Crippen molar-refractivity contribution in [3.8, 4) is 17.4 Å². The molecule has 0 saturated heterocycles. The molecule has 1 N–H and O–H groups in total. The van der Waals surface area contributed by atoms with Gasteiger partial charge in [-0.1, -0.05) is 29.8 Å². The summed E-state index contributed by atoms with van der Waals surface area (Å²) >= 11 is 7.78. The monoisotopic (exact) mass is 448 g/mol. The van der Waals surface area contributed by atoms with Gasteiger partial charge >= 0.3 is 0 Å². The number of benzene rings is 1. The Hall–Kier alpha value is -3.49. The van der Waals surface area contributed by atoms with Gasteiger partial charge in [-0.2, -0.15) is 10.1 Å². The molecule has 0 bridgehead atoms. The van der Waals surface area contributed by atoms with Crippen LogP contribution in [0.4, 0.5) is 5.82 Å². The van der Waals surface area contributed by atoms with Crippen LogP contribution in [0.3, 0.4) is 0 Å². The van der Waals surface area contributed by atoms with Gasteiger partial charge in [-0.15, -0.1) is 11.3 Å². The number of nitrogens with one attached hydrogen (secondary N) is 1. The Morgan fingerprint density at radius 1 is 1.06 bits per heavy atom. The molecule has 154 valence electrons. The van der Waals surface area contributed by atoms with Crippen molar-refractivity contribution < 1.29 is 4.74 Å². The zero-order chi connectivity index (χ0) is 21.0. The lowest BCUT2D eigenvalue weighted by Gasteiger charge is -2.09. The Morgan fingerprint density at radius 3 is 2.81 bits per heavy atom. The summed E-state index contributed by atoms with van der Waals surface area (Å²) in [6, 6.07) is 15.4. The predicted molar refractivity (Wildman–Crippen MR) is 122 cm³/mol. The molecule has 0 amide bonds. The Bertz CT molecular complexity index is 1300. The molecular weight excluding hydrogens is 432 g/mol. The highest BCUT2D eigenvalue weighted by atomic mass is 35.5. The molecule has 5 aromatic rings. The molecule has 0 spiro atoms. The van der Waals surface area contributed by atoms with E-state index in [1.165, 1.54) is 16.9 Å². The Labute approximate surface area is 187 Å². The lowest BCUT2D eigenvalue weighted by molar-refractivity contribution is 0.461. The summed E-state index contributed by atoms with van der Waals surface area (Å²) in [6.07, 6.45) is 5.94. The van der Waals surface area contributed by atoms with Gasteiger partial charge in [-0.25, -0.2) is 14.6 Å². The number of hydrogen-bond acceptors (Lipinski definition) is 7. The van der Waals surface area contributed by atoms with Crippen molar-refractivity contribution in [2.75, 3.05) is 11.9 Å². The minimum Gasteiger partial charge on any atom is -0.439 e. The van der Waals surface area contributed by atoms with Gasteiger partial charge in [0.2, 0.25) is 5.88 Å². The number of ether oxygens (including phenoxy) is 1. The fraction of sp³-hybridized carbons (Fsp3) is 0.0909. The maximum absolute atomic E-state index is 6.26. The predicted octanol–water partition coefficient (Wildman–Crippen LogP) is 5.37. The lowest BCUT2D eigenvalue weighted by atomic mass is 10.1. The van der Waals surface area contributed by atoms with E-state index in [-0.39, 0.29) is 0 Å². The molecule has 0 unspecified atom stereocenters. The van der Waals surface area contributed by atoms with Crippen molar-refractivity contribution in [1.82, 2.24) is 24.7 Å². The average Bonchev–Trinajstić information content (AvgIpc) is 3.46. The first-order chi connectivity index (χ1) is 15.3. The number of pyridine rings is 1. The number of thiophene rings is 1. The molecule has 0 saturated carbocycles. The Kier molecular flexibility index (Phi) is 5.47. The van der Waals surface area contributed by atoms with Gasteiger partial charge in [0.15, 0.2) is 5.82 Å². The molecule has 0 radical (unpaired) electrons. The van der Waals surface area contributed by atoms with Gasteiger partial charge in [0.1, 0.15) is 22.7 Å². The lowest BCUT2D eigenvalue weighted by Crippen LogP contribution is -2.06. The van der Waals surface area contributed by atoms with Crippen LogP contribution in [-0.2, 0) is 6.42 Å². The third-order valence-electron chi connectivity index (χ3n) is 4.63. The fourth-order valence-corrected chi connectivity index (χ4v) is 4.27. The number of nitrogens with zero attached hydrogens (tertiary/aromatic N) is 5. The van der Waals surface area contributed by atoms with Crippen molar-refractivity contribution in [3.63, 3.8) is 0 Å². The van der Waals surface area contributed by atoms with Gasteiger partial charge in [0.25, 0.3) is 0 Å². The maximum atomic E-state index is 6.26. The molecule has 31 heavy (non-hydrogen) atoms. The van der Waals surface area contributed by atoms with Gasteiger partial charge in [-0.05, 0) is 36.2 Å². The summed E-state index contributed by atoms with van der Waals surface area (Å²) in [4.78, 5) is 13.9. The van der Waals surface area contributed by atoms with E-state index in [2.05, 4.69) is 25.4 Å². The van der Waals surface area contributed by atoms with Crippen molar-refractivity contribution in [3.05, 3.63) is 83.2 Å². The second-order valence-electron chi connectivity index (χ2n) is 6.69. The Balaban J connectivity index is 1.21. The molecule has 0 fully saturated rings. The molecule has 0 aliphatic heterocycles. The number of hydrogen-bond donors (Lipinski definition) is 1. The first kappa shape index (κ1) is 19.5. The Morgan fingerprint density at radius 2 is 1.97 bits per heavy atom. The van der Waals surface area contributed by atoms with Crippen LogP contribution in [0.15, 0.2) is 72.6 Å². The number of fused-ring (bicyclic) bond motifs is 1. The normalized spacial score (nSPS) is 11.0. The van der Waals surface area contributed by atoms with E-state index < -0.39 is 0 Å². The standard InChI is InChI=1S/C22H17ClN6OS/c23-17-13-31-22-20(17)21(25-14-26-22)24-11-9-15-5-7-16(8-6-15)30-19-4-1-3-18(28-19)29-12-2-10-27-29/h1-8,10,12-14H,9,11H2,(H,24,25,26). The molecule has 0 atom stereocenters. The summed E-state index contributed by atoms with van der Waals surface area (Å²) < 4.78 is 7.59. The largest absolute Gasteiger partial charge is 0.439 e. The summed E-state index contributed by atoms with van der Waals surface area (Å²) in [5.74, 6) is 2.71. The molecule has 4 heterocycles. The van der Waals surface area contributed by atoms with Crippen LogP contribution in [0.25, 0.3) is 16.0 Å². The van der Waals surface area contributed by atoms with E-state index in [4.69, 9.17) is 16.3 Å². The van der Waals surface area contributed by atoms with Gasteiger partial charge in [0, 0.05) is 30.4 Å². The molecule has 0 aliphatic rings. The van der Waals surface area contributed by atoms with Crippen LogP contribution >= 0.6 is 22.9 Å². The van der Waals surface area contributed by atoms with E-state index in [0.717, 1.165) is 34.7 Å². The zero-order valence-corrected chi connectivity index (χ0v) is 17.8. The van der Waals surface area contributed by atoms with Gasteiger partial charge in [0.05, 0.1) is 10.4 Å². The number of anilines is 1. The van der Waals surface area contributed by atoms with E-state index in [9.17, 15) is 0 Å². The second kappa shape index (κ2) is 8.71. The van der Waals surface area contributed by atoms with Crippen LogP contribution in [0.5, 0.6) is 11.6 Å². The van der Waals surface area contributed by atoms with Crippen molar-refractivity contribution in [1.29, 1.82) is 0 Å². The second-order valence-corrected chi connectivity index (χ2v) is 7.96. The van der Waals surface area contributed by atoms with Crippen molar-refractivity contribution in [2.45, 2.75) is 6.42 Å². The number of halogens is 1. The summed E-state index contributed by atoms with van der Waals surface area (Å²) in [5, 5.41) is 11.0. The molecule has 4 aromatic heterocycles. The smallest absolute Gasteiger partial charge is 0.221 e. The van der Waals surface area contributed by atoms with E-state index in [1.54, 1.807) is 17.2 Å². The highest BCUT2D eigenvalue weighted by Crippen LogP contribution is 2.32. The third-order valence-corrected chi connectivity index (χ3v) is 5.94. The number of rotatable bonds is 7. The molecule has 5 rings (SSSR count). The van der Waals surface area contributed by atoms with E-state index in [0.29, 0.717) is 16.7 Å². The zero-order valence-electron chi connectivity index (χ0n) is 16.3. The van der Waals surface area contributed by atoms with E-state index in [1.807, 2.05) is 60.1 Å². The van der Waals surface area contributed by atoms with Crippen LogP contribution in [-0.4, -0.2) is 31.3 Å². The first-order valence-corrected chi connectivity index (χ1v) is 10.9. The van der Waals surface area contributed by atoms with E-state index >= 15 is 0 Å². The molecule has 1 aromatic carbocycles. The van der Waals surface area contributed by atoms with Crippen molar-refractivity contribution >= 4 is 39.0 Å². The van der Waals surface area contributed by atoms with Crippen LogP contribution in [0, 0.1) is 0 Å². The summed E-state index contributed by atoms with van der Waals surface area (Å²) in [5.41, 5.74) is 1.18. The topological polar surface area (TPSA) is 77.8 Å². The average molecular weight is 449 g/mol. The third kappa shape index (κ3) is 4.35. The van der Waals surface area contributed by atoms with Crippen LogP contribution < -0.4 is 10.1 Å². The molecular formula is C22H17ClN6OS. The van der Waals surface area contributed by atoms with Crippen LogP contribution in [0.2, 0.25) is 5.02 Å². The fourth-order valence-electron chi connectivity index (χ4n) is 3.14. The van der Waals surface area contributed by atoms with Gasteiger partial charge in [-0.3, -0.25) is 0 Å². The molecule has 9 heteroatoms. The van der Waals surface area contributed by atoms with Crippen LogP contribution in [0.1, 0.15) is 5.56 Å². The minimum atomic E-state index is 0.517. The van der Waals surface area contributed by atoms with Crippen molar-refractivity contribution in [2.24, 2.45) is 0 Å². The highest BCUT2D eigenvalue weighted by molar-refractivity contribution is 7.17. The number of aromatic nitrogens is 5. The quantitative estimate of drug-likeness (QED) is 0.360. The van der Waals surface area contributed by atoms with Gasteiger partial charge < -0.3 is 10.1 Å². The summed E-state index contributed by atoms with van der Waals surface area (Å²) in [7, 11) is 0. The highest BCUT2D eigenvalue weighted by Gasteiger charge is 2.09. The first-order valence-electron chi connectivity index (χ1n) is 9.62. The maximum Gasteiger partial charge on any atom is 0.221 e. The summed E-state index contributed by atoms with van der Waals surface area (Å²) in [6.45, 7) is 0.728. The minimum absolute atomic E-state index is 0.517.